The number of anilines is 2. The zero-order valence-corrected chi connectivity index (χ0v) is 24.6. The Bertz CT molecular complexity index is 2090. The van der Waals surface area contributed by atoms with Crippen molar-refractivity contribution in [3.05, 3.63) is 121 Å². The Labute approximate surface area is 253 Å². The van der Waals surface area contributed by atoms with Gasteiger partial charge in [-0.05, 0) is 77.3 Å². The lowest BCUT2D eigenvalue weighted by Crippen LogP contribution is -2.64. The summed E-state index contributed by atoms with van der Waals surface area (Å²) in [6.45, 7) is 2.78. The van der Waals surface area contributed by atoms with Crippen LogP contribution in [0.1, 0.15) is 50.5 Å². The first kappa shape index (κ1) is 24.0. The molecule has 2 atom stereocenters. The Morgan fingerprint density at radius 2 is 1.42 bits per heavy atom. The number of fused-ring (bicyclic) bond motifs is 8. The van der Waals surface area contributed by atoms with Crippen LogP contribution in [0.5, 0.6) is 0 Å². The van der Waals surface area contributed by atoms with E-state index in [1.54, 1.807) is 5.56 Å². The van der Waals surface area contributed by atoms with Gasteiger partial charge in [-0.15, -0.1) is 0 Å². The van der Waals surface area contributed by atoms with Gasteiger partial charge in [0, 0.05) is 39.1 Å². The molecule has 1 aliphatic carbocycles. The molecule has 1 aromatic heterocycles. The lowest BCUT2D eigenvalue weighted by atomic mass is 9.33. The molecule has 3 aliphatic heterocycles. The Balaban J connectivity index is 1.38. The summed E-state index contributed by atoms with van der Waals surface area (Å²) in [6, 6.07) is 43.5. The van der Waals surface area contributed by atoms with E-state index in [0.29, 0.717) is 5.92 Å². The maximum Gasteiger partial charge on any atom is 0.252 e. The van der Waals surface area contributed by atoms with Crippen LogP contribution in [0.2, 0.25) is 0 Å². The molecule has 2 nitrogen and oxygen atoms in total. The second kappa shape index (κ2) is 8.54. The molecule has 0 saturated heterocycles. The van der Waals surface area contributed by atoms with Crippen molar-refractivity contribution in [2.45, 2.75) is 50.5 Å². The summed E-state index contributed by atoms with van der Waals surface area (Å²) >= 11 is 0. The van der Waals surface area contributed by atoms with Gasteiger partial charge < -0.3 is 9.47 Å². The van der Waals surface area contributed by atoms with Crippen molar-refractivity contribution in [1.29, 1.82) is 0 Å². The summed E-state index contributed by atoms with van der Waals surface area (Å²) in [5.74, 6) is 0.654. The van der Waals surface area contributed by atoms with E-state index in [4.69, 9.17) is 0 Å². The predicted molar refractivity (Wildman–Crippen MR) is 182 cm³/mol. The van der Waals surface area contributed by atoms with Crippen LogP contribution in [0.25, 0.3) is 39.0 Å². The zero-order valence-electron chi connectivity index (χ0n) is 24.6. The second-order valence-electron chi connectivity index (χ2n) is 13.4. The number of benzene rings is 5. The van der Waals surface area contributed by atoms with Crippen molar-refractivity contribution in [2.75, 3.05) is 4.90 Å². The standard InChI is InChI=1S/C40H33BN2/c1-40-24-9-8-17-28(25-40)29-18-10-21-32-39(29)43(40)34-23-12-22-33-36(34)41(32)31-20-11-19-30-35(26-13-4-2-5-14-26)37(42(33)38(30)31)27-15-6-3-7-16-27/h2-7,10-16,18-23,28H,8-9,17,24-25H2,1H3. The topological polar surface area (TPSA) is 8.17 Å². The highest BCUT2D eigenvalue weighted by Crippen LogP contribution is 2.54. The van der Waals surface area contributed by atoms with Gasteiger partial charge in [-0.2, -0.15) is 0 Å². The maximum absolute atomic E-state index is 2.81. The number of hydrogen-bond donors (Lipinski definition) is 0. The Morgan fingerprint density at radius 3 is 2.26 bits per heavy atom. The van der Waals surface area contributed by atoms with Gasteiger partial charge in [-0.3, -0.25) is 0 Å². The van der Waals surface area contributed by atoms with Gasteiger partial charge in [0.15, 0.2) is 0 Å². The van der Waals surface area contributed by atoms with Crippen LogP contribution in [0, 0.1) is 0 Å². The number of nitrogens with zero attached hydrogens (tertiary/aromatic N) is 2. The molecule has 4 heterocycles. The molecule has 0 N–H and O–H groups in total. The molecule has 0 amide bonds. The predicted octanol–water partition coefficient (Wildman–Crippen LogP) is 8.07. The second-order valence-corrected chi connectivity index (χ2v) is 13.4. The van der Waals surface area contributed by atoms with Gasteiger partial charge >= 0.3 is 0 Å². The van der Waals surface area contributed by atoms with Gasteiger partial charge in [0.05, 0.1) is 5.69 Å². The molecule has 5 aromatic carbocycles. The van der Waals surface area contributed by atoms with Crippen LogP contribution in [0.15, 0.2) is 115 Å². The lowest BCUT2D eigenvalue weighted by Gasteiger charge is -2.54. The van der Waals surface area contributed by atoms with E-state index < -0.39 is 0 Å². The van der Waals surface area contributed by atoms with Crippen LogP contribution in [0.4, 0.5) is 11.4 Å². The quantitative estimate of drug-likeness (QED) is 0.197. The monoisotopic (exact) mass is 552 g/mol. The summed E-state index contributed by atoms with van der Waals surface area (Å²) in [4.78, 5) is 2.81. The molecule has 2 bridgehead atoms. The van der Waals surface area contributed by atoms with Gasteiger partial charge in [-0.1, -0.05) is 116 Å². The van der Waals surface area contributed by atoms with E-state index in [1.165, 1.54) is 98.8 Å². The lowest BCUT2D eigenvalue weighted by molar-refractivity contribution is 0.365. The molecule has 0 spiro atoms. The Kier molecular flexibility index (Phi) is 4.77. The molecule has 1 saturated carbocycles. The highest BCUT2D eigenvalue weighted by Gasteiger charge is 2.50. The number of para-hydroxylation sites is 2. The fraction of sp³-hybridized carbons (Fsp3) is 0.200. The first-order chi connectivity index (χ1) is 21.2. The fourth-order valence-corrected chi connectivity index (χ4v) is 9.49. The van der Waals surface area contributed by atoms with Crippen molar-refractivity contribution in [3.63, 3.8) is 0 Å². The largest absolute Gasteiger partial charge is 0.336 e. The highest BCUT2D eigenvalue weighted by molar-refractivity contribution is 7.00. The third-order valence-corrected chi connectivity index (χ3v) is 11.1. The number of rotatable bonds is 2. The highest BCUT2D eigenvalue weighted by atomic mass is 15.2. The Hall–Kier alpha value is -4.50. The van der Waals surface area contributed by atoms with E-state index in [9.17, 15) is 0 Å². The minimum atomic E-state index is 0.130. The average molecular weight is 553 g/mol. The van der Waals surface area contributed by atoms with Gasteiger partial charge in [-0.25, -0.2) is 0 Å². The van der Waals surface area contributed by atoms with Crippen molar-refractivity contribution >= 4 is 45.4 Å². The average Bonchev–Trinajstić information content (AvgIpc) is 3.30. The van der Waals surface area contributed by atoms with E-state index >= 15 is 0 Å². The molecule has 2 unspecified atom stereocenters. The van der Waals surface area contributed by atoms with E-state index in [0.717, 1.165) is 0 Å². The van der Waals surface area contributed by atoms with Gasteiger partial charge in [0.25, 0.3) is 6.71 Å². The van der Waals surface area contributed by atoms with Gasteiger partial charge in [0.1, 0.15) is 0 Å². The zero-order chi connectivity index (χ0) is 28.3. The normalized spacial score (nSPS) is 20.9. The van der Waals surface area contributed by atoms with Crippen LogP contribution in [0.3, 0.4) is 0 Å². The SMILES string of the molecule is CC12CCCCC(C1)c1cccc3c1N2c1cccc2c1B3c1cccc3c(-c4ccccc4)c(-c4ccccc4)n-2c13. The maximum atomic E-state index is 2.81. The molecule has 43 heavy (non-hydrogen) atoms. The van der Waals surface area contributed by atoms with Crippen molar-refractivity contribution in [3.8, 4) is 28.1 Å². The van der Waals surface area contributed by atoms with Crippen molar-refractivity contribution < 1.29 is 0 Å². The minimum absolute atomic E-state index is 0.130. The molecule has 4 aliphatic rings. The molecular formula is C40H33BN2. The van der Waals surface area contributed by atoms with E-state index in [-0.39, 0.29) is 12.3 Å². The molecule has 206 valence electrons. The number of aromatic nitrogens is 1. The van der Waals surface area contributed by atoms with Crippen molar-refractivity contribution in [1.82, 2.24) is 4.57 Å². The van der Waals surface area contributed by atoms with Crippen LogP contribution in [-0.4, -0.2) is 16.8 Å². The molecule has 0 radical (unpaired) electrons. The summed E-state index contributed by atoms with van der Waals surface area (Å²) in [7, 11) is 0. The molecule has 1 fully saturated rings. The van der Waals surface area contributed by atoms with Gasteiger partial charge in [0.2, 0.25) is 0 Å². The third kappa shape index (κ3) is 3.05. The van der Waals surface area contributed by atoms with Crippen molar-refractivity contribution in [2.24, 2.45) is 0 Å². The first-order valence-electron chi connectivity index (χ1n) is 16.1. The third-order valence-electron chi connectivity index (χ3n) is 11.1. The molecule has 10 rings (SSSR count). The van der Waals surface area contributed by atoms with Crippen LogP contribution >= 0.6 is 0 Å². The molecular weight excluding hydrogens is 519 g/mol. The summed E-state index contributed by atoms with van der Waals surface area (Å²) in [5.41, 5.74) is 16.9. The fourth-order valence-electron chi connectivity index (χ4n) is 9.49. The Morgan fingerprint density at radius 1 is 0.698 bits per heavy atom. The minimum Gasteiger partial charge on any atom is -0.336 e. The summed E-state index contributed by atoms with van der Waals surface area (Å²) < 4.78 is 2.62. The molecule has 3 heteroatoms. The summed E-state index contributed by atoms with van der Waals surface area (Å²) in [5, 5.41) is 1.34. The van der Waals surface area contributed by atoms with E-state index in [2.05, 4.69) is 132 Å². The summed E-state index contributed by atoms with van der Waals surface area (Å²) in [6.07, 6.45) is 6.46. The first-order valence-corrected chi connectivity index (χ1v) is 16.1. The van der Waals surface area contributed by atoms with Crippen LogP contribution in [-0.2, 0) is 0 Å². The number of hydrogen-bond acceptors (Lipinski definition) is 1. The van der Waals surface area contributed by atoms with E-state index in [1.807, 2.05) is 0 Å². The smallest absolute Gasteiger partial charge is 0.252 e. The molecule has 6 aromatic rings. The van der Waals surface area contributed by atoms with Crippen LogP contribution < -0.4 is 21.3 Å².